The Morgan fingerprint density at radius 1 is 0.862 bits per heavy atom. The summed E-state index contributed by atoms with van der Waals surface area (Å²) in [7, 11) is 0. The van der Waals surface area contributed by atoms with E-state index in [2.05, 4.69) is 17.8 Å². The first-order valence-electron chi connectivity index (χ1n) is 9.96. The summed E-state index contributed by atoms with van der Waals surface area (Å²) in [5.41, 5.74) is 6.30. The van der Waals surface area contributed by atoms with Gasteiger partial charge in [0.05, 0.1) is 18.6 Å². The SMILES string of the molecule is CCCCCOc1ccccc1C(=O)NNC(=O)Cc1cccc2ccccc12. The van der Waals surface area contributed by atoms with Gasteiger partial charge < -0.3 is 4.74 Å². The molecule has 5 nitrogen and oxygen atoms in total. The lowest BCUT2D eigenvalue weighted by atomic mass is 10.0. The van der Waals surface area contributed by atoms with Crippen LogP contribution in [0.3, 0.4) is 0 Å². The molecule has 5 heteroatoms. The zero-order valence-corrected chi connectivity index (χ0v) is 16.6. The molecule has 2 N–H and O–H groups in total. The molecule has 0 spiro atoms. The molecule has 0 aliphatic carbocycles. The summed E-state index contributed by atoms with van der Waals surface area (Å²) in [6.45, 7) is 2.69. The van der Waals surface area contributed by atoms with E-state index in [4.69, 9.17) is 4.74 Å². The summed E-state index contributed by atoms with van der Waals surface area (Å²) >= 11 is 0. The molecule has 3 aromatic rings. The Labute approximate surface area is 171 Å². The van der Waals surface area contributed by atoms with E-state index >= 15 is 0 Å². The Morgan fingerprint density at radius 3 is 2.48 bits per heavy atom. The normalized spacial score (nSPS) is 10.5. The van der Waals surface area contributed by atoms with Crippen LogP contribution in [-0.4, -0.2) is 18.4 Å². The van der Waals surface area contributed by atoms with Crippen molar-refractivity contribution in [3.63, 3.8) is 0 Å². The molecule has 0 unspecified atom stereocenters. The van der Waals surface area contributed by atoms with Gasteiger partial charge in [-0.2, -0.15) is 0 Å². The molecule has 0 aliphatic heterocycles. The minimum atomic E-state index is -0.401. The molecule has 0 aromatic heterocycles. The molecule has 29 heavy (non-hydrogen) atoms. The number of amides is 2. The van der Waals surface area contributed by atoms with Gasteiger partial charge in [-0.1, -0.05) is 74.4 Å². The number of hydrogen-bond donors (Lipinski definition) is 2. The van der Waals surface area contributed by atoms with Crippen LogP contribution in [0.5, 0.6) is 5.75 Å². The van der Waals surface area contributed by atoms with Crippen LogP contribution >= 0.6 is 0 Å². The summed E-state index contributed by atoms with van der Waals surface area (Å²) in [6, 6.07) is 20.8. The number of fused-ring (bicyclic) bond motifs is 1. The van der Waals surface area contributed by atoms with E-state index in [0.717, 1.165) is 35.6 Å². The molecule has 0 saturated heterocycles. The van der Waals surface area contributed by atoms with Crippen LogP contribution in [0.4, 0.5) is 0 Å². The van der Waals surface area contributed by atoms with E-state index in [0.29, 0.717) is 17.9 Å². The molecule has 0 heterocycles. The van der Waals surface area contributed by atoms with Crippen molar-refractivity contribution >= 4 is 22.6 Å². The fourth-order valence-electron chi connectivity index (χ4n) is 3.17. The first-order chi connectivity index (χ1) is 14.2. The molecule has 0 bridgehead atoms. The number of hydrazine groups is 1. The van der Waals surface area contributed by atoms with Gasteiger partial charge in [0.25, 0.3) is 5.91 Å². The van der Waals surface area contributed by atoms with Crippen molar-refractivity contribution in [1.82, 2.24) is 10.9 Å². The fourth-order valence-corrected chi connectivity index (χ4v) is 3.17. The molecule has 150 valence electrons. The number of carbonyl (C=O) groups excluding carboxylic acids is 2. The Kier molecular flexibility index (Phi) is 7.22. The number of carbonyl (C=O) groups is 2. The third kappa shape index (κ3) is 5.57. The summed E-state index contributed by atoms with van der Waals surface area (Å²) < 4.78 is 5.74. The summed E-state index contributed by atoms with van der Waals surface area (Å²) in [5.74, 6) is -0.164. The number of rotatable bonds is 8. The molecule has 0 atom stereocenters. The highest BCUT2D eigenvalue weighted by molar-refractivity contribution is 5.98. The second kappa shape index (κ2) is 10.3. The largest absolute Gasteiger partial charge is 0.493 e. The first-order valence-corrected chi connectivity index (χ1v) is 9.96. The first kappa shape index (κ1) is 20.4. The maximum absolute atomic E-state index is 12.5. The lowest BCUT2D eigenvalue weighted by molar-refractivity contribution is -0.121. The van der Waals surface area contributed by atoms with Gasteiger partial charge in [0.2, 0.25) is 5.91 Å². The van der Waals surface area contributed by atoms with E-state index < -0.39 is 5.91 Å². The zero-order valence-electron chi connectivity index (χ0n) is 16.6. The molecule has 3 aromatic carbocycles. The van der Waals surface area contributed by atoms with Crippen LogP contribution in [0.1, 0.15) is 42.1 Å². The fraction of sp³-hybridized carbons (Fsp3) is 0.250. The number of ether oxygens (including phenoxy) is 1. The molecule has 2 amide bonds. The van der Waals surface area contributed by atoms with E-state index in [9.17, 15) is 9.59 Å². The summed E-state index contributed by atoms with van der Waals surface area (Å²) in [5, 5.41) is 2.11. The van der Waals surface area contributed by atoms with Crippen molar-refractivity contribution in [2.45, 2.75) is 32.6 Å². The van der Waals surface area contributed by atoms with Crippen LogP contribution < -0.4 is 15.6 Å². The molecule has 3 rings (SSSR count). The maximum Gasteiger partial charge on any atom is 0.273 e. The number of para-hydroxylation sites is 1. The lowest BCUT2D eigenvalue weighted by Gasteiger charge is -2.12. The van der Waals surface area contributed by atoms with Crippen LogP contribution in [0, 0.1) is 0 Å². The van der Waals surface area contributed by atoms with E-state index in [1.54, 1.807) is 18.2 Å². The second-order valence-corrected chi connectivity index (χ2v) is 6.87. The van der Waals surface area contributed by atoms with Gasteiger partial charge >= 0.3 is 0 Å². The van der Waals surface area contributed by atoms with Gasteiger partial charge in [-0.15, -0.1) is 0 Å². The highest BCUT2D eigenvalue weighted by Crippen LogP contribution is 2.19. The van der Waals surface area contributed by atoms with Crippen molar-refractivity contribution in [1.29, 1.82) is 0 Å². The van der Waals surface area contributed by atoms with Crippen LogP contribution in [0.2, 0.25) is 0 Å². The van der Waals surface area contributed by atoms with E-state index in [-0.39, 0.29) is 12.3 Å². The van der Waals surface area contributed by atoms with Gasteiger partial charge in [0, 0.05) is 0 Å². The number of nitrogens with one attached hydrogen (secondary N) is 2. The minimum absolute atomic E-state index is 0.177. The van der Waals surface area contributed by atoms with Gasteiger partial charge in [0.15, 0.2) is 0 Å². The monoisotopic (exact) mass is 390 g/mol. The lowest BCUT2D eigenvalue weighted by Crippen LogP contribution is -2.42. The Bertz CT molecular complexity index is 979. The molecular formula is C24H26N2O3. The Morgan fingerprint density at radius 2 is 1.62 bits per heavy atom. The third-order valence-corrected chi connectivity index (χ3v) is 4.68. The molecular weight excluding hydrogens is 364 g/mol. The van der Waals surface area contributed by atoms with Crippen LogP contribution in [-0.2, 0) is 11.2 Å². The average molecular weight is 390 g/mol. The van der Waals surface area contributed by atoms with Crippen LogP contribution in [0.15, 0.2) is 66.7 Å². The quantitative estimate of drug-likeness (QED) is 0.442. The topological polar surface area (TPSA) is 67.4 Å². The van der Waals surface area contributed by atoms with Gasteiger partial charge in [-0.25, -0.2) is 0 Å². The average Bonchev–Trinajstić information content (AvgIpc) is 2.75. The number of unbranched alkanes of at least 4 members (excludes halogenated alkanes) is 2. The maximum atomic E-state index is 12.5. The highest BCUT2D eigenvalue weighted by Gasteiger charge is 2.13. The summed E-state index contributed by atoms with van der Waals surface area (Å²) in [4.78, 5) is 24.9. The molecule has 0 fully saturated rings. The Balaban J connectivity index is 1.58. The standard InChI is InChI=1S/C24H26N2O3/c1-2-3-8-16-29-22-15-7-6-14-21(22)24(28)26-25-23(27)17-19-12-9-11-18-10-4-5-13-20(18)19/h4-7,9-15H,2-3,8,16-17H2,1H3,(H,25,27)(H,26,28). The smallest absolute Gasteiger partial charge is 0.273 e. The molecule has 0 saturated carbocycles. The van der Waals surface area contributed by atoms with Gasteiger partial charge in [-0.05, 0) is 34.9 Å². The zero-order chi connectivity index (χ0) is 20.5. The highest BCUT2D eigenvalue weighted by atomic mass is 16.5. The molecule has 0 aliphatic rings. The van der Waals surface area contributed by atoms with Crippen LogP contribution in [0.25, 0.3) is 10.8 Å². The van der Waals surface area contributed by atoms with Gasteiger partial charge in [-0.3, -0.25) is 20.4 Å². The summed E-state index contributed by atoms with van der Waals surface area (Å²) in [6.07, 6.45) is 3.30. The van der Waals surface area contributed by atoms with Crippen molar-refractivity contribution in [3.05, 3.63) is 77.9 Å². The van der Waals surface area contributed by atoms with Crippen molar-refractivity contribution in [2.24, 2.45) is 0 Å². The minimum Gasteiger partial charge on any atom is -0.493 e. The second-order valence-electron chi connectivity index (χ2n) is 6.87. The van der Waals surface area contributed by atoms with Crippen molar-refractivity contribution in [3.8, 4) is 5.75 Å². The van der Waals surface area contributed by atoms with Gasteiger partial charge in [0.1, 0.15) is 5.75 Å². The predicted molar refractivity (Wildman–Crippen MR) is 115 cm³/mol. The number of benzene rings is 3. The predicted octanol–water partition coefficient (Wildman–Crippen LogP) is 4.41. The number of hydrogen-bond acceptors (Lipinski definition) is 3. The van der Waals surface area contributed by atoms with E-state index in [1.807, 2.05) is 48.5 Å². The van der Waals surface area contributed by atoms with Crippen molar-refractivity contribution < 1.29 is 14.3 Å². The molecule has 0 radical (unpaired) electrons. The van der Waals surface area contributed by atoms with Crippen molar-refractivity contribution in [2.75, 3.05) is 6.61 Å². The van der Waals surface area contributed by atoms with E-state index in [1.165, 1.54) is 0 Å². The third-order valence-electron chi connectivity index (χ3n) is 4.68. The Hall–Kier alpha value is -3.34.